The van der Waals surface area contributed by atoms with Gasteiger partial charge in [0.15, 0.2) is 17.5 Å². The predicted octanol–water partition coefficient (Wildman–Crippen LogP) is 11.5. The molecule has 3 heterocycles. The molecule has 0 unspecified atom stereocenters. The van der Waals surface area contributed by atoms with Gasteiger partial charge in [-0.2, -0.15) is 0 Å². The number of furan rings is 2. The van der Waals surface area contributed by atoms with Crippen molar-refractivity contribution in [3.8, 4) is 45.3 Å². The molecule has 3 aromatic heterocycles. The molecule has 224 valence electrons. The van der Waals surface area contributed by atoms with E-state index in [1.807, 2.05) is 72.8 Å². The second kappa shape index (κ2) is 10.5. The summed E-state index contributed by atoms with van der Waals surface area (Å²) in [5, 5.41) is 6.61. The minimum Gasteiger partial charge on any atom is -0.456 e. The zero-order valence-corrected chi connectivity index (χ0v) is 25.6. The van der Waals surface area contributed by atoms with Crippen LogP contribution in [0.2, 0.25) is 0 Å². The van der Waals surface area contributed by atoms with E-state index in [4.69, 9.17) is 23.8 Å². The third-order valence-corrected chi connectivity index (χ3v) is 9.12. The highest BCUT2D eigenvalue weighted by Gasteiger charge is 2.18. The number of para-hydroxylation sites is 2. The van der Waals surface area contributed by atoms with E-state index in [0.29, 0.717) is 17.5 Å². The molecule has 0 radical (unpaired) electrons. The molecule has 0 saturated heterocycles. The van der Waals surface area contributed by atoms with Gasteiger partial charge in [-0.05, 0) is 58.3 Å². The third-order valence-electron chi connectivity index (χ3n) is 9.12. The van der Waals surface area contributed by atoms with Gasteiger partial charge in [0.25, 0.3) is 0 Å². The topological polar surface area (TPSA) is 65.0 Å². The summed E-state index contributed by atoms with van der Waals surface area (Å²) in [6.07, 6.45) is 0. The minimum atomic E-state index is 0.598. The molecule has 0 aliphatic rings. The van der Waals surface area contributed by atoms with E-state index >= 15 is 0 Å². The number of hydrogen-bond donors (Lipinski definition) is 0. The van der Waals surface area contributed by atoms with Crippen LogP contribution in [-0.4, -0.2) is 15.0 Å². The summed E-state index contributed by atoms with van der Waals surface area (Å²) in [6, 6.07) is 51.7. The summed E-state index contributed by atoms with van der Waals surface area (Å²) < 4.78 is 12.4. The molecular formula is C43H25N3O2. The van der Waals surface area contributed by atoms with Crippen molar-refractivity contribution >= 4 is 54.6 Å². The van der Waals surface area contributed by atoms with E-state index in [0.717, 1.165) is 77.1 Å². The molecule has 0 atom stereocenters. The fraction of sp³-hybridized carbons (Fsp3) is 0. The molecule has 10 aromatic rings. The number of nitrogens with zero attached hydrogens (tertiary/aromatic N) is 3. The maximum Gasteiger partial charge on any atom is 0.164 e. The zero-order valence-electron chi connectivity index (χ0n) is 25.6. The Morgan fingerprint density at radius 1 is 0.333 bits per heavy atom. The average Bonchev–Trinajstić information content (AvgIpc) is 3.74. The second-order valence-corrected chi connectivity index (χ2v) is 12.0. The first-order valence-corrected chi connectivity index (χ1v) is 15.9. The largest absolute Gasteiger partial charge is 0.456 e. The smallest absolute Gasteiger partial charge is 0.164 e. The second-order valence-electron chi connectivity index (χ2n) is 12.0. The van der Waals surface area contributed by atoms with E-state index < -0.39 is 0 Å². The number of benzene rings is 7. The van der Waals surface area contributed by atoms with Gasteiger partial charge < -0.3 is 8.83 Å². The van der Waals surface area contributed by atoms with Crippen molar-refractivity contribution < 1.29 is 8.83 Å². The van der Waals surface area contributed by atoms with E-state index in [-0.39, 0.29) is 0 Å². The van der Waals surface area contributed by atoms with Crippen molar-refractivity contribution in [1.29, 1.82) is 0 Å². The Kier molecular flexibility index (Phi) is 5.81. The normalized spacial score (nSPS) is 11.8. The lowest BCUT2D eigenvalue weighted by molar-refractivity contribution is 0.668. The third kappa shape index (κ3) is 4.22. The quantitative estimate of drug-likeness (QED) is 0.197. The van der Waals surface area contributed by atoms with Gasteiger partial charge in [-0.1, -0.05) is 115 Å². The summed E-state index contributed by atoms with van der Waals surface area (Å²) in [5.41, 5.74) is 8.34. The zero-order chi connectivity index (χ0) is 31.6. The van der Waals surface area contributed by atoms with Crippen molar-refractivity contribution in [3.05, 3.63) is 152 Å². The van der Waals surface area contributed by atoms with E-state index in [1.165, 1.54) is 5.39 Å². The van der Waals surface area contributed by atoms with Gasteiger partial charge in [-0.15, -0.1) is 0 Å². The van der Waals surface area contributed by atoms with Gasteiger partial charge in [0, 0.05) is 38.2 Å². The fourth-order valence-corrected chi connectivity index (χ4v) is 6.86. The first-order chi connectivity index (χ1) is 23.8. The highest BCUT2D eigenvalue weighted by Crippen LogP contribution is 2.38. The predicted molar refractivity (Wildman–Crippen MR) is 194 cm³/mol. The Hall–Kier alpha value is -6.59. The molecule has 0 amide bonds. The monoisotopic (exact) mass is 615 g/mol. The maximum absolute atomic E-state index is 6.21. The summed E-state index contributed by atoms with van der Waals surface area (Å²) in [5.74, 6) is 1.82. The van der Waals surface area contributed by atoms with Gasteiger partial charge in [-0.3, -0.25) is 0 Å². The van der Waals surface area contributed by atoms with E-state index in [1.54, 1.807) is 0 Å². The highest BCUT2D eigenvalue weighted by atomic mass is 16.3. The van der Waals surface area contributed by atoms with Crippen LogP contribution in [0.5, 0.6) is 0 Å². The van der Waals surface area contributed by atoms with Gasteiger partial charge in [0.1, 0.15) is 22.3 Å². The number of rotatable bonds is 4. The molecule has 48 heavy (non-hydrogen) atoms. The first-order valence-electron chi connectivity index (χ1n) is 15.9. The van der Waals surface area contributed by atoms with Crippen LogP contribution in [0.15, 0.2) is 160 Å². The number of aromatic nitrogens is 3. The Balaban J connectivity index is 1.16. The first kappa shape index (κ1) is 26.6. The standard InChI is InChI=1S/C43H25N3O2/c1-2-10-27(11-3-1)41-44-42(46-43(45-41)33-16-9-19-37-39(33)31-14-4-6-17-35(31)47-37)30-13-8-12-28(24-30)29-21-20-26-22-23-38-40(34(26)25-29)32-15-5-7-18-36(32)48-38/h1-25H. The number of hydrogen-bond acceptors (Lipinski definition) is 5. The molecule has 0 aliphatic heterocycles. The molecule has 5 heteroatoms. The summed E-state index contributed by atoms with van der Waals surface area (Å²) in [4.78, 5) is 15.2. The van der Waals surface area contributed by atoms with Crippen LogP contribution in [0.25, 0.3) is 99.9 Å². The van der Waals surface area contributed by atoms with Gasteiger partial charge in [-0.25, -0.2) is 15.0 Å². The van der Waals surface area contributed by atoms with Crippen molar-refractivity contribution in [1.82, 2.24) is 15.0 Å². The Morgan fingerprint density at radius 3 is 1.71 bits per heavy atom. The average molecular weight is 616 g/mol. The van der Waals surface area contributed by atoms with Gasteiger partial charge in [0.05, 0.1) is 0 Å². The lowest BCUT2D eigenvalue weighted by atomic mass is 9.97. The Morgan fingerprint density at radius 2 is 0.896 bits per heavy atom. The fourth-order valence-electron chi connectivity index (χ4n) is 6.86. The van der Waals surface area contributed by atoms with Crippen LogP contribution in [0, 0.1) is 0 Å². The number of fused-ring (bicyclic) bond motifs is 8. The summed E-state index contributed by atoms with van der Waals surface area (Å²) in [7, 11) is 0. The molecule has 10 rings (SSSR count). The summed E-state index contributed by atoms with van der Waals surface area (Å²) >= 11 is 0. The Bertz CT molecular complexity index is 2850. The molecule has 0 aliphatic carbocycles. The Labute approximate surface area is 274 Å². The molecule has 0 spiro atoms. The van der Waals surface area contributed by atoms with E-state index in [2.05, 4.69) is 78.9 Å². The van der Waals surface area contributed by atoms with Crippen molar-refractivity contribution in [2.45, 2.75) is 0 Å². The molecule has 0 saturated carbocycles. The van der Waals surface area contributed by atoms with Crippen molar-refractivity contribution in [2.24, 2.45) is 0 Å². The van der Waals surface area contributed by atoms with Crippen molar-refractivity contribution in [2.75, 3.05) is 0 Å². The van der Waals surface area contributed by atoms with E-state index in [9.17, 15) is 0 Å². The van der Waals surface area contributed by atoms with Crippen LogP contribution in [-0.2, 0) is 0 Å². The molecule has 7 aromatic carbocycles. The SMILES string of the molecule is c1ccc(-c2nc(-c3cccc(-c4ccc5ccc6oc7ccccc7c6c5c4)c3)nc(-c3cccc4oc5ccccc5c34)n2)cc1. The van der Waals surface area contributed by atoms with Crippen LogP contribution >= 0.6 is 0 Å². The summed E-state index contributed by atoms with van der Waals surface area (Å²) in [6.45, 7) is 0. The lowest BCUT2D eigenvalue weighted by Crippen LogP contribution is -2.00. The molecule has 0 fully saturated rings. The molecule has 0 N–H and O–H groups in total. The maximum atomic E-state index is 6.21. The van der Waals surface area contributed by atoms with Crippen LogP contribution < -0.4 is 0 Å². The van der Waals surface area contributed by atoms with Crippen LogP contribution in [0.1, 0.15) is 0 Å². The molecule has 0 bridgehead atoms. The minimum absolute atomic E-state index is 0.598. The van der Waals surface area contributed by atoms with Crippen molar-refractivity contribution in [3.63, 3.8) is 0 Å². The highest BCUT2D eigenvalue weighted by molar-refractivity contribution is 6.19. The van der Waals surface area contributed by atoms with Crippen LogP contribution in [0.4, 0.5) is 0 Å². The molecular weight excluding hydrogens is 590 g/mol. The lowest BCUT2D eigenvalue weighted by Gasteiger charge is -2.11. The molecule has 5 nitrogen and oxygen atoms in total. The van der Waals surface area contributed by atoms with Gasteiger partial charge >= 0.3 is 0 Å². The van der Waals surface area contributed by atoms with Crippen LogP contribution in [0.3, 0.4) is 0 Å². The van der Waals surface area contributed by atoms with Gasteiger partial charge in [0.2, 0.25) is 0 Å².